The van der Waals surface area contributed by atoms with Gasteiger partial charge >= 0.3 is 0 Å². The molecule has 1 aliphatic heterocycles. The second-order valence-corrected chi connectivity index (χ2v) is 4.90. The zero-order chi connectivity index (χ0) is 11.7. The normalized spacial score (nSPS) is 14.1. The van der Waals surface area contributed by atoms with Gasteiger partial charge in [0.2, 0.25) is 0 Å². The van der Waals surface area contributed by atoms with E-state index in [0.29, 0.717) is 6.61 Å². The van der Waals surface area contributed by atoms with Gasteiger partial charge in [-0.3, -0.25) is 0 Å². The van der Waals surface area contributed by atoms with Crippen molar-refractivity contribution in [1.82, 2.24) is 5.32 Å². The van der Waals surface area contributed by atoms with Crippen LogP contribution in [0.5, 0.6) is 5.75 Å². The van der Waals surface area contributed by atoms with Crippen molar-refractivity contribution in [3.05, 3.63) is 40.3 Å². The first-order valence-electron chi connectivity index (χ1n) is 5.54. The van der Waals surface area contributed by atoms with Crippen molar-refractivity contribution in [1.29, 1.82) is 0 Å². The van der Waals surface area contributed by atoms with Gasteiger partial charge in [0.05, 0.1) is 4.88 Å². The maximum absolute atomic E-state index is 13.2. The molecule has 0 saturated carbocycles. The van der Waals surface area contributed by atoms with Gasteiger partial charge in [0.1, 0.15) is 18.2 Å². The fraction of sp³-hybridized carbons (Fsp3) is 0.231. The van der Waals surface area contributed by atoms with Crippen molar-refractivity contribution in [2.45, 2.75) is 6.54 Å². The van der Waals surface area contributed by atoms with E-state index < -0.39 is 0 Å². The zero-order valence-electron chi connectivity index (χ0n) is 9.61. The van der Waals surface area contributed by atoms with Crippen molar-refractivity contribution in [2.75, 3.05) is 13.2 Å². The van der Waals surface area contributed by atoms with E-state index >= 15 is 0 Å². The highest BCUT2D eigenvalue weighted by Gasteiger charge is 2.17. The fourth-order valence-corrected chi connectivity index (χ4v) is 2.91. The van der Waals surface area contributed by atoms with Gasteiger partial charge in [-0.05, 0) is 17.7 Å². The first-order valence-corrected chi connectivity index (χ1v) is 6.42. The molecule has 0 fully saturated rings. The minimum Gasteiger partial charge on any atom is -0.490 e. The molecule has 1 aromatic heterocycles. The molecular weight excluding hydrogens is 273 g/mol. The minimum absolute atomic E-state index is 0. The Labute approximate surface area is 115 Å². The van der Waals surface area contributed by atoms with Crippen LogP contribution in [0.15, 0.2) is 29.6 Å². The number of rotatable bonds is 1. The molecule has 96 valence electrons. The van der Waals surface area contributed by atoms with Crippen LogP contribution in [-0.4, -0.2) is 13.2 Å². The highest BCUT2D eigenvalue weighted by Crippen LogP contribution is 2.39. The number of benzene rings is 1. The fourth-order valence-electron chi connectivity index (χ4n) is 1.95. The van der Waals surface area contributed by atoms with Crippen LogP contribution in [0.25, 0.3) is 11.1 Å². The summed E-state index contributed by atoms with van der Waals surface area (Å²) >= 11 is 1.66. The zero-order valence-corrected chi connectivity index (χ0v) is 11.2. The molecule has 3 rings (SSSR count). The van der Waals surface area contributed by atoms with E-state index in [1.807, 2.05) is 11.4 Å². The molecule has 2 heterocycles. The lowest BCUT2D eigenvalue weighted by atomic mass is 10.1. The van der Waals surface area contributed by atoms with Gasteiger partial charge in [-0.15, -0.1) is 23.7 Å². The van der Waals surface area contributed by atoms with Crippen molar-refractivity contribution in [2.24, 2.45) is 0 Å². The van der Waals surface area contributed by atoms with Crippen LogP contribution in [0.1, 0.15) is 4.88 Å². The van der Waals surface area contributed by atoms with Crippen LogP contribution >= 0.6 is 23.7 Å². The molecule has 0 saturated heterocycles. The quantitative estimate of drug-likeness (QED) is 0.866. The number of hydrogen-bond donors (Lipinski definition) is 1. The monoisotopic (exact) mass is 285 g/mol. The number of nitrogens with one attached hydrogen (secondary N) is 1. The third kappa shape index (κ3) is 2.51. The van der Waals surface area contributed by atoms with Crippen molar-refractivity contribution < 1.29 is 9.13 Å². The summed E-state index contributed by atoms with van der Waals surface area (Å²) in [6.45, 7) is 2.34. The second kappa shape index (κ2) is 5.69. The Morgan fingerprint density at radius 3 is 3.06 bits per heavy atom. The van der Waals surface area contributed by atoms with Gasteiger partial charge in [0, 0.05) is 24.0 Å². The Hall–Kier alpha value is -1.10. The third-order valence-electron chi connectivity index (χ3n) is 2.76. The number of halogens is 2. The molecule has 1 aliphatic rings. The molecule has 1 N–H and O–H groups in total. The Morgan fingerprint density at radius 1 is 1.33 bits per heavy atom. The summed E-state index contributed by atoms with van der Waals surface area (Å²) in [5.41, 5.74) is 1.87. The molecule has 0 amide bonds. The molecular formula is C13H13ClFNOS. The summed E-state index contributed by atoms with van der Waals surface area (Å²) in [5.74, 6) is 0.694. The molecule has 0 atom stereocenters. The van der Waals surface area contributed by atoms with Gasteiger partial charge in [-0.25, -0.2) is 4.39 Å². The van der Waals surface area contributed by atoms with Crippen LogP contribution < -0.4 is 10.1 Å². The van der Waals surface area contributed by atoms with Crippen molar-refractivity contribution in [3.63, 3.8) is 0 Å². The maximum Gasteiger partial charge on any atom is 0.142 e. The van der Waals surface area contributed by atoms with Gasteiger partial charge in [0.25, 0.3) is 0 Å². The number of thiophene rings is 1. The summed E-state index contributed by atoms with van der Waals surface area (Å²) in [5, 5.41) is 5.33. The Bertz CT molecular complexity index is 544. The first-order chi connectivity index (χ1) is 8.34. The molecule has 18 heavy (non-hydrogen) atoms. The van der Waals surface area contributed by atoms with Crippen LogP contribution in [0.2, 0.25) is 0 Å². The van der Waals surface area contributed by atoms with Gasteiger partial charge < -0.3 is 10.1 Å². The summed E-state index contributed by atoms with van der Waals surface area (Å²) in [4.78, 5) is 1.18. The predicted molar refractivity (Wildman–Crippen MR) is 74.2 cm³/mol. The Balaban J connectivity index is 0.00000120. The van der Waals surface area contributed by atoms with Gasteiger partial charge in [0.15, 0.2) is 0 Å². The van der Waals surface area contributed by atoms with Crippen LogP contribution in [0.3, 0.4) is 0 Å². The molecule has 0 unspecified atom stereocenters. The van der Waals surface area contributed by atoms with Crippen LogP contribution in [-0.2, 0) is 6.54 Å². The van der Waals surface area contributed by atoms with Crippen LogP contribution in [0, 0.1) is 5.82 Å². The SMILES string of the molecule is Cl.Fc1cccc(-c2csc3c2OCCNC3)c1. The Kier molecular flexibility index (Phi) is 4.22. The molecule has 0 radical (unpaired) electrons. The minimum atomic E-state index is -0.214. The summed E-state index contributed by atoms with van der Waals surface area (Å²) in [7, 11) is 0. The van der Waals surface area contributed by atoms with Crippen molar-refractivity contribution >= 4 is 23.7 Å². The third-order valence-corrected chi connectivity index (χ3v) is 3.73. The lowest BCUT2D eigenvalue weighted by Gasteiger charge is -2.06. The topological polar surface area (TPSA) is 21.3 Å². The predicted octanol–water partition coefficient (Wildman–Crippen LogP) is 3.46. The highest BCUT2D eigenvalue weighted by atomic mass is 35.5. The summed E-state index contributed by atoms with van der Waals surface area (Å²) < 4.78 is 19.0. The van der Waals surface area contributed by atoms with E-state index in [2.05, 4.69) is 5.32 Å². The average molecular weight is 286 g/mol. The van der Waals surface area contributed by atoms with E-state index in [1.165, 1.54) is 10.9 Å². The highest BCUT2D eigenvalue weighted by molar-refractivity contribution is 7.10. The molecule has 0 aliphatic carbocycles. The number of fused-ring (bicyclic) bond motifs is 1. The van der Waals surface area contributed by atoms with Crippen LogP contribution in [0.4, 0.5) is 4.39 Å². The van der Waals surface area contributed by atoms with E-state index in [1.54, 1.807) is 23.5 Å². The Morgan fingerprint density at radius 2 is 2.22 bits per heavy atom. The largest absolute Gasteiger partial charge is 0.490 e. The second-order valence-electron chi connectivity index (χ2n) is 3.94. The summed E-state index contributed by atoms with van der Waals surface area (Å²) in [6.07, 6.45) is 0. The molecule has 2 aromatic rings. The molecule has 1 aromatic carbocycles. The van der Waals surface area contributed by atoms with Gasteiger partial charge in [-0.2, -0.15) is 0 Å². The average Bonchev–Trinajstić information content (AvgIpc) is 2.59. The molecule has 0 bridgehead atoms. The summed E-state index contributed by atoms with van der Waals surface area (Å²) in [6, 6.07) is 6.64. The lowest BCUT2D eigenvalue weighted by molar-refractivity contribution is 0.328. The van der Waals surface area contributed by atoms with Gasteiger partial charge in [-0.1, -0.05) is 12.1 Å². The van der Waals surface area contributed by atoms with Crippen molar-refractivity contribution in [3.8, 4) is 16.9 Å². The molecule has 0 spiro atoms. The van der Waals surface area contributed by atoms with E-state index in [4.69, 9.17) is 4.74 Å². The van der Waals surface area contributed by atoms with E-state index in [-0.39, 0.29) is 18.2 Å². The number of ether oxygens (including phenoxy) is 1. The number of hydrogen-bond acceptors (Lipinski definition) is 3. The molecule has 2 nitrogen and oxygen atoms in total. The maximum atomic E-state index is 13.2. The smallest absolute Gasteiger partial charge is 0.142 e. The first kappa shape index (κ1) is 13.3. The lowest BCUT2D eigenvalue weighted by Crippen LogP contribution is -2.16. The van der Waals surface area contributed by atoms with E-state index in [0.717, 1.165) is 30.0 Å². The van der Waals surface area contributed by atoms with E-state index in [9.17, 15) is 4.39 Å². The molecule has 5 heteroatoms. The standard InChI is InChI=1S/C13H12FNOS.ClH/c14-10-3-1-2-9(6-10)11-8-17-12-7-15-4-5-16-13(11)12;/h1-3,6,8,15H,4-5,7H2;1H.